The molecule has 2 nitrogen and oxygen atoms in total. The first-order valence-electron chi connectivity index (χ1n) is 5.45. The minimum Gasteiger partial charge on any atom is -0.350 e. The Morgan fingerprint density at radius 3 is 2.57 bits per heavy atom. The van der Waals surface area contributed by atoms with E-state index in [2.05, 4.69) is 27.4 Å². The third-order valence-electron chi connectivity index (χ3n) is 3.47. The van der Waals surface area contributed by atoms with Gasteiger partial charge in [0.1, 0.15) is 0 Å². The van der Waals surface area contributed by atoms with Crippen LogP contribution >= 0.6 is 0 Å². The average molecular weight is 196 g/mol. The quantitative estimate of drug-likeness (QED) is 0.600. The van der Waals surface area contributed by atoms with Gasteiger partial charge in [0, 0.05) is 18.8 Å². The molecule has 2 heteroatoms. The van der Waals surface area contributed by atoms with Crippen molar-refractivity contribution < 1.29 is 9.47 Å². The molecule has 80 valence electrons. The Morgan fingerprint density at radius 2 is 2.14 bits per heavy atom. The highest BCUT2D eigenvalue weighted by molar-refractivity contribution is 5.10. The summed E-state index contributed by atoms with van der Waals surface area (Å²) in [6, 6.07) is 0. The zero-order chi connectivity index (χ0) is 10.4. The summed E-state index contributed by atoms with van der Waals surface area (Å²) in [4.78, 5) is 0. The van der Waals surface area contributed by atoms with Gasteiger partial charge in [0.05, 0.1) is 12.2 Å². The predicted octanol–water partition coefficient (Wildman–Crippen LogP) is 2.88. The van der Waals surface area contributed by atoms with E-state index in [0.29, 0.717) is 5.92 Å². The highest BCUT2D eigenvalue weighted by Crippen LogP contribution is 2.49. The monoisotopic (exact) mass is 196 g/mol. The fourth-order valence-electron chi connectivity index (χ4n) is 2.83. The molecule has 2 saturated heterocycles. The molecule has 2 atom stereocenters. The largest absolute Gasteiger partial charge is 0.350 e. The summed E-state index contributed by atoms with van der Waals surface area (Å²) >= 11 is 0. The van der Waals surface area contributed by atoms with Gasteiger partial charge >= 0.3 is 0 Å². The molecular weight excluding hydrogens is 176 g/mol. The highest BCUT2D eigenvalue weighted by atomic mass is 16.7. The minimum atomic E-state index is -0.285. The molecule has 2 rings (SSSR count). The standard InChI is InChI=1S/C12H20O2/c1-9(2)10-8-12(6-5-7-13-12)14-11(10,3)4/h10H,1,5-8H2,2-4H3. The summed E-state index contributed by atoms with van der Waals surface area (Å²) < 4.78 is 11.8. The van der Waals surface area contributed by atoms with Crippen LogP contribution in [0.2, 0.25) is 0 Å². The molecule has 0 aromatic rings. The summed E-state index contributed by atoms with van der Waals surface area (Å²) in [6.07, 6.45) is 3.15. The van der Waals surface area contributed by atoms with Crippen LogP contribution in [0.15, 0.2) is 12.2 Å². The Kier molecular flexibility index (Phi) is 2.24. The van der Waals surface area contributed by atoms with Crippen LogP contribution in [-0.4, -0.2) is 18.0 Å². The molecule has 2 aliphatic rings. The van der Waals surface area contributed by atoms with E-state index in [9.17, 15) is 0 Å². The zero-order valence-corrected chi connectivity index (χ0v) is 9.43. The first-order valence-corrected chi connectivity index (χ1v) is 5.45. The fraction of sp³-hybridized carbons (Fsp3) is 0.833. The van der Waals surface area contributed by atoms with Crippen LogP contribution in [0.3, 0.4) is 0 Å². The molecule has 0 aromatic heterocycles. The topological polar surface area (TPSA) is 18.5 Å². The third-order valence-corrected chi connectivity index (χ3v) is 3.47. The van der Waals surface area contributed by atoms with E-state index in [1.807, 2.05) is 0 Å². The molecule has 0 radical (unpaired) electrons. The van der Waals surface area contributed by atoms with Gasteiger partial charge in [-0.15, -0.1) is 0 Å². The van der Waals surface area contributed by atoms with Gasteiger partial charge in [-0.3, -0.25) is 0 Å². The van der Waals surface area contributed by atoms with Crippen molar-refractivity contribution in [3.8, 4) is 0 Å². The van der Waals surface area contributed by atoms with E-state index in [0.717, 1.165) is 25.9 Å². The summed E-state index contributed by atoms with van der Waals surface area (Å²) in [5.41, 5.74) is 1.10. The van der Waals surface area contributed by atoms with E-state index >= 15 is 0 Å². The molecule has 0 saturated carbocycles. The van der Waals surface area contributed by atoms with Crippen LogP contribution in [-0.2, 0) is 9.47 Å². The Bertz CT molecular complexity index is 249. The lowest BCUT2D eigenvalue weighted by atomic mass is 9.84. The smallest absolute Gasteiger partial charge is 0.169 e. The Hall–Kier alpha value is -0.340. The van der Waals surface area contributed by atoms with Gasteiger partial charge in [-0.05, 0) is 27.2 Å². The Labute approximate surface area is 86.3 Å². The van der Waals surface area contributed by atoms with Gasteiger partial charge in [0.25, 0.3) is 0 Å². The van der Waals surface area contributed by atoms with Crippen molar-refractivity contribution in [3.05, 3.63) is 12.2 Å². The lowest BCUT2D eigenvalue weighted by Gasteiger charge is -2.28. The van der Waals surface area contributed by atoms with Crippen molar-refractivity contribution in [2.75, 3.05) is 6.61 Å². The summed E-state index contributed by atoms with van der Waals surface area (Å²) in [6.45, 7) is 11.3. The molecule has 2 heterocycles. The second-order valence-electron chi connectivity index (χ2n) is 5.17. The van der Waals surface area contributed by atoms with Crippen LogP contribution in [0.4, 0.5) is 0 Å². The van der Waals surface area contributed by atoms with E-state index in [4.69, 9.17) is 9.47 Å². The second-order valence-corrected chi connectivity index (χ2v) is 5.17. The predicted molar refractivity (Wildman–Crippen MR) is 56.0 cm³/mol. The van der Waals surface area contributed by atoms with E-state index in [1.165, 1.54) is 5.57 Å². The first kappa shape index (κ1) is 10.2. The van der Waals surface area contributed by atoms with Gasteiger partial charge < -0.3 is 9.47 Å². The van der Waals surface area contributed by atoms with Crippen molar-refractivity contribution in [2.24, 2.45) is 5.92 Å². The summed E-state index contributed by atoms with van der Waals surface area (Å²) in [5.74, 6) is 0.147. The van der Waals surface area contributed by atoms with Crippen molar-refractivity contribution in [1.29, 1.82) is 0 Å². The fourth-order valence-corrected chi connectivity index (χ4v) is 2.83. The zero-order valence-electron chi connectivity index (χ0n) is 9.43. The summed E-state index contributed by atoms with van der Waals surface area (Å²) in [7, 11) is 0. The van der Waals surface area contributed by atoms with Crippen LogP contribution in [0, 0.1) is 5.92 Å². The van der Waals surface area contributed by atoms with E-state index < -0.39 is 0 Å². The normalized spacial score (nSPS) is 40.6. The highest BCUT2D eigenvalue weighted by Gasteiger charge is 2.53. The van der Waals surface area contributed by atoms with Crippen molar-refractivity contribution in [3.63, 3.8) is 0 Å². The lowest BCUT2D eigenvalue weighted by Crippen LogP contribution is -2.32. The van der Waals surface area contributed by atoms with Gasteiger partial charge in [-0.25, -0.2) is 0 Å². The van der Waals surface area contributed by atoms with Crippen LogP contribution in [0.25, 0.3) is 0 Å². The van der Waals surface area contributed by atoms with E-state index in [1.54, 1.807) is 0 Å². The molecule has 0 bridgehead atoms. The van der Waals surface area contributed by atoms with Crippen molar-refractivity contribution in [1.82, 2.24) is 0 Å². The second kappa shape index (κ2) is 3.07. The maximum absolute atomic E-state index is 6.09. The Morgan fingerprint density at radius 1 is 1.43 bits per heavy atom. The van der Waals surface area contributed by atoms with Crippen molar-refractivity contribution in [2.45, 2.75) is 51.4 Å². The molecule has 0 aromatic carbocycles. The first-order chi connectivity index (χ1) is 6.45. The molecule has 0 amide bonds. The number of hydrogen-bond acceptors (Lipinski definition) is 2. The van der Waals surface area contributed by atoms with Crippen LogP contribution < -0.4 is 0 Å². The molecular formula is C12H20O2. The van der Waals surface area contributed by atoms with Gasteiger partial charge in [-0.1, -0.05) is 12.2 Å². The molecule has 2 fully saturated rings. The maximum Gasteiger partial charge on any atom is 0.169 e. The maximum atomic E-state index is 6.09. The minimum absolute atomic E-state index is 0.115. The molecule has 0 aliphatic carbocycles. The number of hydrogen-bond donors (Lipinski definition) is 0. The number of rotatable bonds is 1. The lowest BCUT2D eigenvalue weighted by molar-refractivity contribution is -0.220. The third kappa shape index (κ3) is 1.51. The van der Waals surface area contributed by atoms with Crippen LogP contribution in [0.1, 0.15) is 40.0 Å². The van der Waals surface area contributed by atoms with Gasteiger partial charge in [0.2, 0.25) is 0 Å². The molecule has 1 spiro atoms. The SMILES string of the molecule is C=C(C)C1CC2(CCCO2)OC1(C)C. The van der Waals surface area contributed by atoms with Gasteiger partial charge in [0.15, 0.2) is 5.79 Å². The molecule has 14 heavy (non-hydrogen) atoms. The molecule has 0 N–H and O–H groups in total. The average Bonchev–Trinajstić information content (AvgIpc) is 2.57. The number of ether oxygens (including phenoxy) is 2. The Balaban J connectivity index is 2.19. The molecule has 2 unspecified atom stereocenters. The van der Waals surface area contributed by atoms with Crippen LogP contribution in [0.5, 0.6) is 0 Å². The van der Waals surface area contributed by atoms with E-state index in [-0.39, 0.29) is 11.4 Å². The summed E-state index contributed by atoms with van der Waals surface area (Å²) in [5, 5.41) is 0. The molecule has 2 aliphatic heterocycles. The van der Waals surface area contributed by atoms with Gasteiger partial charge in [-0.2, -0.15) is 0 Å². The van der Waals surface area contributed by atoms with Crippen molar-refractivity contribution >= 4 is 0 Å².